The summed E-state index contributed by atoms with van der Waals surface area (Å²) < 4.78 is 7.34. The zero-order valence-corrected chi connectivity index (χ0v) is 18.2. The Morgan fingerprint density at radius 2 is 1.77 bits per heavy atom. The number of nitrogens with zero attached hydrogens (tertiary/aromatic N) is 3. The average molecular weight is 443 g/mol. The largest absolute Gasteiger partial charge is 0.378 e. The van der Waals surface area contributed by atoms with Crippen molar-refractivity contribution in [2.75, 3.05) is 36.5 Å². The third kappa shape index (κ3) is 4.98. The highest BCUT2D eigenvalue weighted by molar-refractivity contribution is 8.00. The zero-order valence-electron chi connectivity index (χ0n) is 16.6. The second-order valence-electron chi connectivity index (χ2n) is 6.95. The van der Waals surface area contributed by atoms with Crippen LogP contribution in [0.1, 0.15) is 6.92 Å². The molecule has 0 aliphatic carbocycles. The van der Waals surface area contributed by atoms with Crippen molar-refractivity contribution < 1.29 is 9.53 Å². The Morgan fingerprint density at radius 3 is 2.47 bits per heavy atom. The monoisotopic (exact) mass is 442 g/mol. The van der Waals surface area contributed by atoms with Gasteiger partial charge in [-0.05, 0) is 55.5 Å². The smallest absolute Gasteiger partial charge is 0.237 e. The van der Waals surface area contributed by atoms with Gasteiger partial charge >= 0.3 is 0 Å². The van der Waals surface area contributed by atoms with E-state index in [1.807, 2.05) is 66.2 Å². The van der Waals surface area contributed by atoms with Crippen molar-refractivity contribution in [3.05, 3.63) is 65.9 Å². The van der Waals surface area contributed by atoms with Gasteiger partial charge in [-0.3, -0.25) is 9.36 Å². The van der Waals surface area contributed by atoms with Gasteiger partial charge in [0.2, 0.25) is 5.91 Å². The van der Waals surface area contributed by atoms with Crippen LogP contribution >= 0.6 is 23.4 Å². The highest BCUT2D eigenvalue weighted by atomic mass is 35.5. The van der Waals surface area contributed by atoms with Crippen LogP contribution in [0.5, 0.6) is 0 Å². The number of carbonyl (C=O) groups is 1. The predicted octanol–water partition coefficient (Wildman–Crippen LogP) is 4.48. The van der Waals surface area contributed by atoms with E-state index in [2.05, 4.69) is 15.2 Å². The lowest BCUT2D eigenvalue weighted by Crippen LogP contribution is -2.36. The molecule has 1 aliphatic rings. The van der Waals surface area contributed by atoms with Gasteiger partial charge in [0.25, 0.3) is 0 Å². The maximum Gasteiger partial charge on any atom is 0.237 e. The van der Waals surface area contributed by atoms with Crippen LogP contribution in [0.4, 0.5) is 11.4 Å². The fourth-order valence-corrected chi connectivity index (χ4v) is 4.22. The Bertz CT molecular complexity index is 985. The van der Waals surface area contributed by atoms with Crippen LogP contribution in [0.3, 0.4) is 0 Å². The van der Waals surface area contributed by atoms with Gasteiger partial charge in [0.05, 0.1) is 18.5 Å². The van der Waals surface area contributed by atoms with Crippen LogP contribution in [0.15, 0.2) is 66.1 Å². The Balaban J connectivity index is 1.37. The molecule has 4 rings (SSSR count). The van der Waals surface area contributed by atoms with Crippen molar-refractivity contribution in [1.82, 2.24) is 9.55 Å². The minimum absolute atomic E-state index is 0.0650. The number of morpholine rings is 1. The third-order valence-corrected chi connectivity index (χ3v) is 6.21. The lowest BCUT2D eigenvalue weighted by Gasteiger charge is -2.28. The molecule has 6 nitrogen and oxygen atoms in total. The molecule has 8 heteroatoms. The molecule has 1 atom stereocenters. The molecule has 1 aliphatic heterocycles. The average Bonchev–Trinajstić information content (AvgIpc) is 3.23. The molecular weight excluding hydrogens is 420 g/mol. The molecule has 2 aromatic carbocycles. The fraction of sp³-hybridized carbons (Fsp3) is 0.273. The van der Waals surface area contributed by atoms with E-state index in [0.717, 1.165) is 48.5 Å². The summed E-state index contributed by atoms with van der Waals surface area (Å²) in [6.07, 6.45) is 3.60. The summed E-state index contributed by atoms with van der Waals surface area (Å²) in [5, 5.41) is 4.12. The first-order chi connectivity index (χ1) is 14.6. The van der Waals surface area contributed by atoms with E-state index in [1.165, 1.54) is 11.8 Å². The molecule has 0 saturated carbocycles. The van der Waals surface area contributed by atoms with Crippen molar-refractivity contribution in [3.63, 3.8) is 0 Å². The molecule has 1 fully saturated rings. The predicted molar refractivity (Wildman–Crippen MR) is 122 cm³/mol. The normalized spacial score (nSPS) is 15.1. The van der Waals surface area contributed by atoms with E-state index in [4.69, 9.17) is 16.3 Å². The number of hydrogen-bond acceptors (Lipinski definition) is 5. The quantitative estimate of drug-likeness (QED) is 0.570. The maximum atomic E-state index is 12.7. The van der Waals surface area contributed by atoms with E-state index < -0.39 is 0 Å². The van der Waals surface area contributed by atoms with Gasteiger partial charge in [-0.25, -0.2) is 4.98 Å². The zero-order chi connectivity index (χ0) is 20.9. The number of thioether (sulfide) groups is 1. The molecule has 3 aromatic rings. The Morgan fingerprint density at radius 1 is 1.10 bits per heavy atom. The van der Waals surface area contributed by atoms with E-state index in [9.17, 15) is 4.79 Å². The van der Waals surface area contributed by atoms with Gasteiger partial charge in [-0.15, -0.1) is 0 Å². The second-order valence-corrected chi connectivity index (χ2v) is 8.70. The van der Waals surface area contributed by atoms with Crippen molar-refractivity contribution in [2.45, 2.75) is 17.3 Å². The number of aromatic nitrogens is 2. The molecule has 0 unspecified atom stereocenters. The minimum Gasteiger partial charge on any atom is -0.378 e. The van der Waals surface area contributed by atoms with Crippen LogP contribution < -0.4 is 10.2 Å². The maximum absolute atomic E-state index is 12.7. The van der Waals surface area contributed by atoms with Gasteiger partial charge in [-0.2, -0.15) is 0 Å². The molecule has 1 amide bonds. The van der Waals surface area contributed by atoms with Gasteiger partial charge in [0, 0.05) is 47.6 Å². The van der Waals surface area contributed by atoms with Gasteiger partial charge < -0.3 is 15.0 Å². The SMILES string of the molecule is C[C@H](Sc1nccn1-c1ccc(Cl)cc1)C(=O)Nc1ccc(N2CCOCC2)cc1. The standard InChI is InChI=1S/C22H23ClN4O2S/c1-16(30-22-24-10-11-27(22)20-6-2-17(23)3-7-20)21(28)25-18-4-8-19(9-5-18)26-12-14-29-15-13-26/h2-11,16H,12-15H2,1H3,(H,25,28)/t16-/m0/s1. The molecule has 1 N–H and O–H groups in total. The molecule has 0 radical (unpaired) electrons. The summed E-state index contributed by atoms with van der Waals surface area (Å²) in [7, 11) is 0. The van der Waals surface area contributed by atoms with Crippen LogP contribution in [0.25, 0.3) is 5.69 Å². The number of carbonyl (C=O) groups excluding carboxylic acids is 1. The summed E-state index contributed by atoms with van der Waals surface area (Å²) >= 11 is 7.39. The lowest BCUT2D eigenvalue weighted by molar-refractivity contribution is -0.115. The van der Waals surface area contributed by atoms with Gasteiger partial charge in [-0.1, -0.05) is 23.4 Å². The molecule has 30 heavy (non-hydrogen) atoms. The van der Waals surface area contributed by atoms with Crippen LogP contribution in [-0.4, -0.2) is 47.0 Å². The lowest BCUT2D eigenvalue weighted by atomic mass is 10.2. The number of ether oxygens (including phenoxy) is 1. The molecule has 1 aromatic heterocycles. The Labute approximate surface area is 185 Å². The van der Waals surface area contributed by atoms with Crippen LogP contribution in [-0.2, 0) is 9.53 Å². The first-order valence-electron chi connectivity index (χ1n) is 9.80. The Hall–Kier alpha value is -2.48. The molecule has 0 spiro atoms. The first kappa shape index (κ1) is 20.8. The topological polar surface area (TPSA) is 59.4 Å². The van der Waals surface area contributed by atoms with E-state index in [-0.39, 0.29) is 11.2 Å². The van der Waals surface area contributed by atoms with Crippen LogP contribution in [0.2, 0.25) is 5.02 Å². The van der Waals surface area contributed by atoms with E-state index >= 15 is 0 Å². The summed E-state index contributed by atoms with van der Waals surface area (Å²) in [5.74, 6) is -0.0650. The molecule has 0 bridgehead atoms. The fourth-order valence-electron chi connectivity index (χ4n) is 3.21. The number of rotatable bonds is 6. The van der Waals surface area contributed by atoms with Crippen molar-refractivity contribution >= 4 is 40.6 Å². The number of amides is 1. The molecule has 156 valence electrons. The van der Waals surface area contributed by atoms with Crippen LogP contribution in [0, 0.1) is 0 Å². The van der Waals surface area contributed by atoms with E-state index in [1.54, 1.807) is 6.20 Å². The number of nitrogens with one attached hydrogen (secondary N) is 1. The number of imidazole rings is 1. The number of anilines is 2. The van der Waals surface area contributed by atoms with Crippen molar-refractivity contribution in [3.8, 4) is 5.69 Å². The summed E-state index contributed by atoms with van der Waals surface area (Å²) in [5.41, 5.74) is 2.87. The summed E-state index contributed by atoms with van der Waals surface area (Å²) in [6.45, 7) is 5.15. The molecule has 2 heterocycles. The molecule has 1 saturated heterocycles. The third-order valence-electron chi connectivity index (χ3n) is 4.87. The second kappa shape index (κ2) is 9.55. The van der Waals surface area contributed by atoms with E-state index in [0.29, 0.717) is 5.02 Å². The highest BCUT2D eigenvalue weighted by Gasteiger charge is 2.18. The number of benzene rings is 2. The highest BCUT2D eigenvalue weighted by Crippen LogP contribution is 2.26. The number of halogens is 1. The first-order valence-corrected chi connectivity index (χ1v) is 11.1. The Kier molecular flexibility index (Phi) is 6.62. The summed E-state index contributed by atoms with van der Waals surface area (Å²) in [6, 6.07) is 15.5. The van der Waals surface area contributed by atoms with Gasteiger partial charge in [0.1, 0.15) is 0 Å². The van der Waals surface area contributed by atoms with Crippen molar-refractivity contribution in [2.24, 2.45) is 0 Å². The minimum atomic E-state index is -0.308. The molecular formula is C22H23ClN4O2S. The summed E-state index contributed by atoms with van der Waals surface area (Å²) in [4.78, 5) is 19.4. The number of hydrogen-bond donors (Lipinski definition) is 1. The van der Waals surface area contributed by atoms with Gasteiger partial charge in [0.15, 0.2) is 5.16 Å². The van der Waals surface area contributed by atoms with Crippen molar-refractivity contribution in [1.29, 1.82) is 0 Å².